The zero-order chi connectivity index (χ0) is 12.5. The highest BCUT2D eigenvalue weighted by atomic mass is 35.5. The van der Waals surface area contributed by atoms with Gasteiger partial charge in [-0.2, -0.15) is 4.98 Å². The number of hydrogen-bond acceptors (Lipinski definition) is 4. The van der Waals surface area contributed by atoms with Crippen LogP contribution in [0.4, 0.5) is 5.82 Å². The molecule has 1 saturated heterocycles. The summed E-state index contributed by atoms with van der Waals surface area (Å²) >= 11 is 6.01. The van der Waals surface area contributed by atoms with Gasteiger partial charge in [0, 0.05) is 11.9 Å². The second kappa shape index (κ2) is 4.71. The maximum Gasteiger partial charge on any atom is 0.224 e. The molecule has 5 heteroatoms. The summed E-state index contributed by atoms with van der Waals surface area (Å²) in [7, 11) is 0. The summed E-state index contributed by atoms with van der Waals surface area (Å²) in [5.41, 5.74) is 0.881. The van der Waals surface area contributed by atoms with Crippen LogP contribution in [-0.2, 0) is 4.74 Å². The Morgan fingerprint density at radius 3 is 3.00 bits per heavy atom. The van der Waals surface area contributed by atoms with Crippen molar-refractivity contribution >= 4 is 28.3 Å². The van der Waals surface area contributed by atoms with Gasteiger partial charge in [-0.3, -0.25) is 0 Å². The lowest BCUT2D eigenvalue weighted by Crippen LogP contribution is -2.44. The quantitative estimate of drug-likeness (QED) is 0.741. The first-order valence-electron chi connectivity index (χ1n) is 6.02. The van der Waals surface area contributed by atoms with Gasteiger partial charge in [0.25, 0.3) is 0 Å². The second-order valence-electron chi connectivity index (χ2n) is 4.45. The molecule has 0 saturated carbocycles. The van der Waals surface area contributed by atoms with Gasteiger partial charge in [-0.25, -0.2) is 4.98 Å². The van der Waals surface area contributed by atoms with Crippen molar-refractivity contribution in [1.29, 1.82) is 0 Å². The first-order valence-corrected chi connectivity index (χ1v) is 6.40. The average molecular weight is 264 g/mol. The zero-order valence-corrected chi connectivity index (χ0v) is 10.9. The molecule has 94 valence electrons. The number of morpholine rings is 1. The first-order chi connectivity index (χ1) is 8.75. The predicted molar refractivity (Wildman–Crippen MR) is 72.2 cm³/mol. The van der Waals surface area contributed by atoms with Gasteiger partial charge >= 0.3 is 0 Å². The van der Waals surface area contributed by atoms with E-state index in [4.69, 9.17) is 16.3 Å². The van der Waals surface area contributed by atoms with Crippen LogP contribution in [0.5, 0.6) is 0 Å². The van der Waals surface area contributed by atoms with E-state index in [9.17, 15) is 0 Å². The van der Waals surface area contributed by atoms with E-state index in [1.54, 1.807) is 0 Å². The lowest BCUT2D eigenvalue weighted by molar-refractivity contribution is 0.0987. The number of benzene rings is 1. The number of ether oxygens (including phenoxy) is 1. The molecule has 0 N–H and O–H groups in total. The molecule has 1 aromatic heterocycles. The Morgan fingerprint density at radius 1 is 1.33 bits per heavy atom. The fourth-order valence-electron chi connectivity index (χ4n) is 2.29. The van der Waals surface area contributed by atoms with Crippen LogP contribution in [0.1, 0.15) is 6.92 Å². The molecule has 1 unspecified atom stereocenters. The van der Waals surface area contributed by atoms with Crippen LogP contribution in [0.25, 0.3) is 10.9 Å². The maximum atomic E-state index is 6.01. The Kier molecular flexibility index (Phi) is 3.06. The van der Waals surface area contributed by atoms with Gasteiger partial charge in [-0.05, 0) is 30.7 Å². The summed E-state index contributed by atoms with van der Waals surface area (Å²) < 4.78 is 5.46. The van der Waals surface area contributed by atoms with Crippen molar-refractivity contribution in [2.75, 3.05) is 24.7 Å². The van der Waals surface area contributed by atoms with Crippen molar-refractivity contribution in [2.45, 2.75) is 13.0 Å². The van der Waals surface area contributed by atoms with Crippen LogP contribution in [0.3, 0.4) is 0 Å². The van der Waals surface area contributed by atoms with Crippen LogP contribution < -0.4 is 4.90 Å². The van der Waals surface area contributed by atoms with Crippen LogP contribution >= 0.6 is 11.6 Å². The molecule has 1 aliphatic heterocycles. The van der Waals surface area contributed by atoms with Crippen molar-refractivity contribution in [3.8, 4) is 0 Å². The normalized spacial score (nSPS) is 20.3. The molecule has 0 bridgehead atoms. The predicted octanol–water partition coefficient (Wildman–Crippen LogP) is 2.51. The van der Waals surface area contributed by atoms with Crippen LogP contribution in [0, 0.1) is 0 Å². The smallest absolute Gasteiger partial charge is 0.224 e. The average Bonchev–Trinajstić information content (AvgIpc) is 2.38. The van der Waals surface area contributed by atoms with E-state index in [2.05, 4.69) is 21.8 Å². The Balaban J connectivity index is 2.15. The molecule has 1 aliphatic rings. The third-order valence-electron chi connectivity index (χ3n) is 3.20. The summed E-state index contributed by atoms with van der Waals surface area (Å²) in [5, 5.41) is 1.33. The summed E-state index contributed by atoms with van der Waals surface area (Å²) in [5.74, 6) is 0.904. The van der Waals surface area contributed by atoms with Crippen molar-refractivity contribution < 1.29 is 4.74 Å². The van der Waals surface area contributed by atoms with E-state index in [1.165, 1.54) is 0 Å². The molecule has 18 heavy (non-hydrogen) atoms. The lowest BCUT2D eigenvalue weighted by atomic mass is 10.2. The highest BCUT2D eigenvalue weighted by molar-refractivity contribution is 6.28. The molecule has 0 spiro atoms. The van der Waals surface area contributed by atoms with Crippen molar-refractivity contribution in [3.63, 3.8) is 0 Å². The minimum absolute atomic E-state index is 0.294. The van der Waals surface area contributed by atoms with Gasteiger partial charge in [-0.15, -0.1) is 0 Å². The van der Waals surface area contributed by atoms with E-state index in [0.29, 0.717) is 11.3 Å². The molecule has 4 nitrogen and oxygen atoms in total. The van der Waals surface area contributed by atoms with Gasteiger partial charge in [-0.1, -0.05) is 12.1 Å². The molecule has 1 fully saturated rings. The van der Waals surface area contributed by atoms with Gasteiger partial charge in [0.15, 0.2) is 0 Å². The van der Waals surface area contributed by atoms with Gasteiger partial charge in [0.05, 0.1) is 24.8 Å². The first kappa shape index (κ1) is 11.7. The molecule has 3 rings (SSSR count). The maximum absolute atomic E-state index is 6.01. The van der Waals surface area contributed by atoms with E-state index in [0.717, 1.165) is 36.5 Å². The molecule has 1 atom stereocenters. The summed E-state index contributed by atoms with van der Waals surface area (Å²) in [6, 6.07) is 8.24. The SMILES string of the molecule is CC1COCCN1c1nc(Cl)nc2ccccc12. The Morgan fingerprint density at radius 2 is 2.17 bits per heavy atom. The highest BCUT2D eigenvalue weighted by Crippen LogP contribution is 2.27. The van der Waals surface area contributed by atoms with Crippen molar-refractivity contribution in [2.24, 2.45) is 0 Å². The fraction of sp³-hybridized carbons (Fsp3) is 0.385. The minimum atomic E-state index is 0.294. The third-order valence-corrected chi connectivity index (χ3v) is 3.36. The summed E-state index contributed by atoms with van der Waals surface area (Å²) in [6.45, 7) is 4.40. The third kappa shape index (κ3) is 2.02. The largest absolute Gasteiger partial charge is 0.377 e. The Bertz CT molecular complexity index is 575. The van der Waals surface area contributed by atoms with Gasteiger partial charge in [0.2, 0.25) is 5.28 Å². The molecule has 2 aromatic rings. The number of anilines is 1. The number of halogens is 1. The van der Waals surface area contributed by atoms with Crippen LogP contribution in [0.2, 0.25) is 5.28 Å². The van der Waals surface area contributed by atoms with Gasteiger partial charge < -0.3 is 9.64 Å². The molecule has 1 aromatic carbocycles. The number of rotatable bonds is 1. The number of fused-ring (bicyclic) bond motifs is 1. The number of hydrogen-bond donors (Lipinski definition) is 0. The lowest BCUT2D eigenvalue weighted by Gasteiger charge is -2.34. The second-order valence-corrected chi connectivity index (χ2v) is 4.79. The Labute approximate surface area is 111 Å². The molecule has 2 heterocycles. The molecular weight excluding hydrogens is 250 g/mol. The minimum Gasteiger partial charge on any atom is -0.377 e. The molecular formula is C13H14ClN3O. The van der Waals surface area contributed by atoms with Crippen LogP contribution in [-0.4, -0.2) is 35.8 Å². The summed E-state index contributed by atoms with van der Waals surface area (Å²) in [6.07, 6.45) is 0. The summed E-state index contributed by atoms with van der Waals surface area (Å²) in [4.78, 5) is 10.9. The Hall–Kier alpha value is -1.39. The van der Waals surface area contributed by atoms with Crippen molar-refractivity contribution in [1.82, 2.24) is 9.97 Å². The topological polar surface area (TPSA) is 38.2 Å². The van der Waals surface area contributed by atoms with E-state index in [-0.39, 0.29) is 0 Å². The monoisotopic (exact) mass is 263 g/mol. The zero-order valence-electron chi connectivity index (χ0n) is 10.1. The van der Waals surface area contributed by atoms with Crippen molar-refractivity contribution in [3.05, 3.63) is 29.5 Å². The standard InChI is InChI=1S/C13H14ClN3O/c1-9-8-18-7-6-17(9)12-10-4-2-3-5-11(10)15-13(14)16-12/h2-5,9H,6-8H2,1H3. The van der Waals surface area contributed by atoms with E-state index in [1.807, 2.05) is 24.3 Å². The van der Waals surface area contributed by atoms with E-state index < -0.39 is 0 Å². The van der Waals surface area contributed by atoms with E-state index >= 15 is 0 Å². The fourth-order valence-corrected chi connectivity index (χ4v) is 2.46. The van der Waals surface area contributed by atoms with Crippen LogP contribution in [0.15, 0.2) is 24.3 Å². The molecule has 0 amide bonds. The number of nitrogens with zero attached hydrogens (tertiary/aromatic N) is 3. The molecule has 0 radical (unpaired) electrons. The highest BCUT2D eigenvalue weighted by Gasteiger charge is 2.22. The van der Waals surface area contributed by atoms with Gasteiger partial charge in [0.1, 0.15) is 5.82 Å². The number of aromatic nitrogens is 2. The molecule has 0 aliphatic carbocycles. The number of para-hydroxylation sites is 1.